The number of halogens is 1. The van der Waals surface area contributed by atoms with Crippen LogP contribution in [-0.2, 0) is 0 Å². The molecule has 0 radical (unpaired) electrons. The Balaban J connectivity index is 0.000000379. The third-order valence-corrected chi connectivity index (χ3v) is 1.66. The maximum Gasteiger partial charge on any atom is -0.00848 e. The first-order valence-electron chi connectivity index (χ1n) is 4.78. The summed E-state index contributed by atoms with van der Waals surface area (Å²) < 4.78 is 0. The smallest absolute Gasteiger partial charge is 0.00848 e. The fraction of sp³-hybridized carbons (Fsp3) is 0.231. The van der Waals surface area contributed by atoms with Gasteiger partial charge in [0.05, 0.1) is 0 Å². The van der Waals surface area contributed by atoms with Gasteiger partial charge in [-0.25, -0.2) is 0 Å². The standard InChI is InChI=1S/C10H8.C2H6.CH3Br/c1-2-6-10-8-4-3-7-9(10)5-1;2*1-2/h1-8H;1-2H3;1H3. The summed E-state index contributed by atoms with van der Waals surface area (Å²) in [5.74, 6) is 1.81. The highest BCUT2D eigenvalue weighted by Crippen LogP contribution is 2.11. The molecular weight excluding hydrogens is 236 g/mol. The molecular formula is C13H17Br. The second-order valence-electron chi connectivity index (χ2n) is 2.35. The summed E-state index contributed by atoms with van der Waals surface area (Å²) in [6.45, 7) is 4.00. The van der Waals surface area contributed by atoms with Crippen molar-refractivity contribution >= 4 is 26.7 Å². The molecule has 0 heterocycles. The van der Waals surface area contributed by atoms with Crippen LogP contribution in [0.5, 0.6) is 0 Å². The van der Waals surface area contributed by atoms with Gasteiger partial charge in [-0.05, 0) is 16.6 Å². The Bertz CT molecular complexity index is 276. The molecule has 1 heteroatoms. The fourth-order valence-electron chi connectivity index (χ4n) is 1.13. The maximum absolute atomic E-state index is 2.94. The zero-order chi connectivity index (χ0) is 10.8. The highest BCUT2D eigenvalue weighted by molar-refractivity contribution is 9.08. The van der Waals surface area contributed by atoms with Gasteiger partial charge in [0.15, 0.2) is 0 Å². The largest absolute Gasteiger partial charge is 0.0966 e. The molecule has 2 aromatic rings. The van der Waals surface area contributed by atoms with Crippen molar-refractivity contribution in [1.82, 2.24) is 0 Å². The van der Waals surface area contributed by atoms with Crippen LogP contribution in [0, 0.1) is 0 Å². The third-order valence-electron chi connectivity index (χ3n) is 1.66. The number of alkyl halides is 1. The van der Waals surface area contributed by atoms with Crippen LogP contribution in [-0.4, -0.2) is 5.83 Å². The van der Waals surface area contributed by atoms with Crippen molar-refractivity contribution in [3.63, 3.8) is 0 Å². The first kappa shape index (κ1) is 13.2. The molecule has 0 aliphatic heterocycles. The third kappa shape index (κ3) is 3.93. The number of rotatable bonds is 0. The maximum atomic E-state index is 2.94. The van der Waals surface area contributed by atoms with Crippen molar-refractivity contribution < 1.29 is 0 Å². The summed E-state index contributed by atoms with van der Waals surface area (Å²) in [5, 5.41) is 2.62. The average Bonchev–Trinajstić information content (AvgIpc) is 2.34. The molecule has 0 bridgehead atoms. The molecule has 0 amide bonds. The first-order chi connectivity index (χ1) is 6.97. The van der Waals surface area contributed by atoms with Crippen LogP contribution in [0.3, 0.4) is 0 Å². The van der Waals surface area contributed by atoms with Gasteiger partial charge in [-0.3, -0.25) is 0 Å². The monoisotopic (exact) mass is 252 g/mol. The molecule has 0 saturated carbocycles. The summed E-state index contributed by atoms with van der Waals surface area (Å²) in [6.07, 6.45) is 0. The molecule has 0 aliphatic rings. The predicted molar refractivity (Wildman–Crippen MR) is 70.1 cm³/mol. The van der Waals surface area contributed by atoms with Crippen LogP contribution in [0.25, 0.3) is 10.8 Å². The zero-order valence-corrected chi connectivity index (χ0v) is 10.6. The minimum Gasteiger partial charge on any atom is -0.0966 e. The molecule has 0 aliphatic carbocycles. The van der Waals surface area contributed by atoms with Gasteiger partial charge in [0.2, 0.25) is 0 Å². The van der Waals surface area contributed by atoms with E-state index < -0.39 is 0 Å². The summed E-state index contributed by atoms with van der Waals surface area (Å²) in [7, 11) is 0. The highest BCUT2D eigenvalue weighted by Gasteiger charge is 1.85. The van der Waals surface area contributed by atoms with Gasteiger partial charge in [0.25, 0.3) is 0 Å². The Morgan fingerprint density at radius 1 is 0.643 bits per heavy atom. The van der Waals surface area contributed by atoms with E-state index in [-0.39, 0.29) is 0 Å². The second-order valence-corrected chi connectivity index (χ2v) is 2.35. The van der Waals surface area contributed by atoms with E-state index in [4.69, 9.17) is 0 Å². The lowest BCUT2D eigenvalue weighted by atomic mass is 10.1. The average molecular weight is 253 g/mol. The molecule has 14 heavy (non-hydrogen) atoms. The number of fused-ring (bicyclic) bond motifs is 1. The molecule has 0 aromatic heterocycles. The van der Waals surface area contributed by atoms with E-state index in [0.29, 0.717) is 0 Å². The quantitative estimate of drug-likeness (QED) is 0.587. The Morgan fingerprint density at radius 2 is 0.857 bits per heavy atom. The second kappa shape index (κ2) is 8.76. The van der Waals surface area contributed by atoms with E-state index in [1.165, 1.54) is 10.8 Å². The Labute approximate surface area is 95.1 Å². The summed E-state index contributed by atoms with van der Waals surface area (Å²) in [5.41, 5.74) is 0. The van der Waals surface area contributed by atoms with Gasteiger partial charge in [0.1, 0.15) is 0 Å². The van der Waals surface area contributed by atoms with Crippen LogP contribution >= 0.6 is 15.9 Å². The van der Waals surface area contributed by atoms with Gasteiger partial charge >= 0.3 is 0 Å². The van der Waals surface area contributed by atoms with Gasteiger partial charge in [-0.15, -0.1) is 0 Å². The van der Waals surface area contributed by atoms with E-state index >= 15 is 0 Å². The molecule has 2 rings (SSSR count). The summed E-state index contributed by atoms with van der Waals surface area (Å²) in [4.78, 5) is 0. The topological polar surface area (TPSA) is 0 Å². The van der Waals surface area contributed by atoms with E-state index in [1.54, 1.807) is 0 Å². The molecule has 0 saturated heterocycles. The van der Waals surface area contributed by atoms with Gasteiger partial charge in [-0.2, -0.15) is 0 Å². The SMILES string of the molecule is CBr.CC.c1ccc2ccccc2c1. The van der Waals surface area contributed by atoms with E-state index in [1.807, 2.05) is 19.7 Å². The molecule has 0 fully saturated rings. The molecule has 2 aromatic carbocycles. The van der Waals surface area contributed by atoms with Crippen LogP contribution in [0.4, 0.5) is 0 Å². The molecule has 0 spiro atoms. The van der Waals surface area contributed by atoms with E-state index in [2.05, 4.69) is 64.5 Å². The lowest BCUT2D eigenvalue weighted by Crippen LogP contribution is -1.67. The van der Waals surface area contributed by atoms with E-state index in [9.17, 15) is 0 Å². The van der Waals surface area contributed by atoms with Crippen molar-refractivity contribution in [1.29, 1.82) is 0 Å². The molecule has 0 unspecified atom stereocenters. The minimum atomic E-state index is 1.31. The van der Waals surface area contributed by atoms with Crippen molar-refractivity contribution in [2.24, 2.45) is 0 Å². The Hall–Kier alpha value is -0.820. The van der Waals surface area contributed by atoms with Crippen LogP contribution in [0.15, 0.2) is 48.5 Å². The van der Waals surface area contributed by atoms with Crippen molar-refractivity contribution in [2.45, 2.75) is 13.8 Å². The van der Waals surface area contributed by atoms with Crippen LogP contribution in [0.2, 0.25) is 0 Å². The zero-order valence-electron chi connectivity index (χ0n) is 9.00. The fourth-order valence-corrected chi connectivity index (χ4v) is 1.13. The predicted octanol–water partition coefficient (Wildman–Crippen LogP) is 4.88. The summed E-state index contributed by atoms with van der Waals surface area (Å²) >= 11 is 2.94. The minimum absolute atomic E-state index is 1.31. The highest BCUT2D eigenvalue weighted by atomic mass is 79.9. The first-order valence-corrected chi connectivity index (χ1v) is 6.37. The van der Waals surface area contributed by atoms with Gasteiger partial charge in [-0.1, -0.05) is 78.3 Å². The number of hydrogen-bond acceptors (Lipinski definition) is 0. The normalized spacial score (nSPS) is 8.00. The number of benzene rings is 2. The van der Waals surface area contributed by atoms with E-state index in [0.717, 1.165) is 0 Å². The Kier molecular flexibility index (Phi) is 8.25. The van der Waals surface area contributed by atoms with Crippen molar-refractivity contribution in [2.75, 3.05) is 5.83 Å². The van der Waals surface area contributed by atoms with Gasteiger partial charge in [0, 0.05) is 0 Å². The summed E-state index contributed by atoms with van der Waals surface area (Å²) in [6, 6.07) is 16.7. The molecule has 0 atom stereocenters. The molecule has 0 N–H and O–H groups in total. The van der Waals surface area contributed by atoms with Crippen molar-refractivity contribution in [3.8, 4) is 0 Å². The molecule has 0 nitrogen and oxygen atoms in total. The van der Waals surface area contributed by atoms with Crippen LogP contribution < -0.4 is 0 Å². The lowest BCUT2D eigenvalue weighted by molar-refractivity contribution is 1.50. The Morgan fingerprint density at radius 3 is 1.07 bits per heavy atom. The molecule has 76 valence electrons. The van der Waals surface area contributed by atoms with Crippen molar-refractivity contribution in [3.05, 3.63) is 48.5 Å². The number of hydrogen-bond donors (Lipinski definition) is 0. The lowest BCUT2D eigenvalue weighted by Gasteiger charge is -1.92. The van der Waals surface area contributed by atoms with Gasteiger partial charge < -0.3 is 0 Å². The van der Waals surface area contributed by atoms with Crippen LogP contribution in [0.1, 0.15) is 13.8 Å².